The lowest BCUT2D eigenvalue weighted by Gasteiger charge is -2.33. The number of nitrogens with one attached hydrogen (secondary N) is 1. The molecule has 1 unspecified atom stereocenters. The quantitative estimate of drug-likeness (QED) is 0.359. The third-order valence-electron chi connectivity index (χ3n) is 5.51. The van der Waals surface area contributed by atoms with Crippen molar-refractivity contribution in [2.75, 3.05) is 24.2 Å². The molecule has 2 amide bonds. The van der Waals surface area contributed by atoms with Crippen LogP contribution in [0.5, 0.6) is 0 Å². The van der Waals surface area contributed by atoms with Gasteiger partial charge in [-0.3, -0.25) is 13.9 Å². The summed E-state index contributed by atoms with van der Waals surface area (Å²) in [6.45, 7) is -0.260. The van der Waals surface area contributed by atoms with Gasteiger partial charge >= 0.3 is 0 Å². The van der Waals surface area contributed by atoms with Crippen molar-refractivity contribution in [3.8, 4) is 0 Å². The molecule has 0 spiro atoms. The van der Waals surface area contributed by atoms with Crippen molar-refractivity contribution >= 4 is 50.1 Å². The number of anilines is 1. The van der Waals surface area contributed by atoms with Crippen molar-refractivity contribution in [2.24, 2.45) is 0 Å². The summed E-state index contributed by atoms with van der Waals surface area (Å²) in [7, 11) is -2.23. The fourth-order valence-corrected chi connectivity index (χ4v) is 4.93. The molecule has 0 aliphatic rings. The number of hydrogen-bond donors (Lipinski definition) is 1. The molecule has 1 atom stereocenters. The minimum Gasteiger partial charge on any atom is -0.357 e. The van der Waals surface area contributed by atoms with E-state index in [2.05, 4.69) is 27.9 Å². The summed E-state index contributed by atoms with van der Waals surface area (Å²) in [5, 5.41) is 2.66. The zero-order chi connectivity index (χ0) is 25.4. The molecule has 0 aliphatic heterocycles. The van der Waals surface area contributed by atoms with Crippen molar-refractivity contribution in [1.82, 2.24) is 10.2 Å². The van der Waals surface area contributed by atoms with Crippen LogP contribution < -0.4 is 9.62 Å². The summed E-state index contributed by atoms with van der Waals surface area (Å²) in [5.74, 6) is -0.791. The molecule has 35 heavy (non-hydrogen) atoms. The second-order valence-electron chi connectivity index (χ2n) is 8.07. The molecule has 9 heteroatoms. The molecule has 0 aromatic heterocycles. The molecule has 3 aromatic rings. The number of rotatable bonds is 10. The van der Waals surface area contributed by atoms with Crippen molar-refractivity contribution in [3.63, 3.8) is 0 Å². The largest absolute Gasteiger partial charge is 0.357 e. The van der Waals surface area contributed by atoms with E-state index in [0.29, 0.717) is 12.1 Å². The van der Waals surface area contributed by atoms with Crippen LogP contribution in [0.4, 0.5) is 5.69 Å². The first-order valence-corrected chi connectivity index (χ1v) is 13.9. The predicted octanol–water partition coefficient (Wildman–Crippen LogP) is 3.44. The molecule has 3 rings (SSSR count). The van der Waals surface area contributed by atoms with E-state index < -0.39 is 28.5 Å². The average molecular weight is 605 g/mol. The Kier molecular flexibility index (Phi) is 9.27. The van der Waals surface area contributed by atoms with E-state index in [9.17, 15) is 18.0 Å². The maximum absolute atomic E-state index is 13.7. The molecular weight excluding hydrogens is 577 g/mol. The monoisotopic (exact) mass is 605 g/mol. The highest BCUT2D eigenvalue weighted by atomic mass is 127. The first-order chi connectivity index (χ1) is 16.7. The van der Waals surface area contributed by atoms with Crippen LogP contribution in [0.3, 0.4) is 0 Å². The van der Waals surface area contributed by atoms with E-state index >= 15 is 0 Å². The molecule has 184 valence electrons. The summed E-state index contributed by atoms with van der Waals surface area (Å²) < 4.78 is 27.3. The van der Waals surface area contributed by atoms with Gasteiger partial charge in [0.05, 0.1) is 11.9 Å². The zero-order valence-electron chi connectivity index (χ0n) is 19.6. The Morgan fingerprint density at radius 3 is 1.94 bits per heavy atom. The van der Waals surface area contributed by atoms with Crippen molar-refractivity contribution in [1.29, 1.82) is 0 Å². The van der Waals surface area contributed by atoms with Crippen LogP contribution in [-0.4, -0.2) is 51.0 Å². The van der Waals surface area contributed by atoms with E-state index in [1.54, 1.807) is 24.3 Å². The maximum Gasteiger partial charge on any atom is 0.244 e. The van der Waals surface area contributed by atoms with Gasteiger partial charge in [-0.05, 0) is 58.0 Å². The summed E-state index contributed by atoms with van der Waals surface area (Å²) in [4.78, 5) is 28.2. The average Bonchev–Trinajstić information content (AvgIpc) is 2.85. The Morgan fingerprint density at radius 1 is 0.886 bits per heavy atom. The third-order valence-corrected chi connectivity index (χ3v) is 7.37. The topological polar surface area (TPSA) is 86.8 Å². The highest BCUT2D eigenvalue weighted by Gasteiger charge is 2.32. The molecule has 7 nitrogen and oxygen atoms in total. The van der Waals surface area contributed by atoms with E-state index in [4.69, 9.17) is 0 Å². The van der Waals surface area contributed by atoms with Crippen molar-refractivity contribution < 1.29 is 18.0 Å². The highest BCUT2D eigenvalue weighted by molar-refractivity contribution is 14.1. The minimum absolute atomic E-state index is 0.162. The second kappa shape index (κ2) is 12.2. The molecule has 0 aliphatic carbocycles. The molecule has 0 saturated heterocycles. The Hall–Kier alpha value is -2.92. The minimum atomic E-state index is -3.76. The Morgan fingerprint density at radius 2 is 1.43 bits per heavy atom. The summed E-state index contributed by atoms with van der Waals surface area (Å²) in [5.41, 5.74) is 2.12. The Bertz CT molecular complexity index is 1240. The van der Waals surface area contributed by atoms with Gasteiger partial charge in [-0.15, -0.1) is 0 Å². The third kappa shape index (κ3) is 7.53. The number of amides is 2. The fraction of sp³-hybridized carbons (Fsp3) is 0.231. The van der Waals surface area contributed by atoms with Gasteiger partial charge in [0, 0.05) is 23.6 Å². The van der Waals surface area contributed by atoms with Gasteiger partial charge in [0.15, 0.2) is 0 Å². The SMILES string of the molecule is CNC(=O)C(Cc1ccccc1)N(Cc1ccccc1)C(=O)CN(c1ccc(I)cc1)S(C)(=O)=O. The van der Waals surface area contributed by atoms with Gasteiger partial charge in [0.2, 0.25) is 21.8 Å². The number of benzene rings is 3. The molecule has 1 N–H and O–H groups in total. The van der Waals surface area contributed by atoms with Crippen molar-refractivity contribution in [3.05, 3.63) is 99.6 Å². The smallest absolute Gasteiger partial charge is 0.244 e. The predicted molar refractivity (Wildman–Crippen MR) is 146 cm³/mol. The summed E-state index contributed by atoms with van der Waals surface area (Å²) in [6, 6.07) is 24.8. The second-order valence-corrected chi connectivity index (χ2v) is 11.2. The number of carbonyl (C=O) groups excluding carboxylic acids is 2. The number of nitrogens with zero attached hydrogens (tertiary/aromatic N) is 2. The highest BCUT2D eigenvalue weighted by Crippen LogP contribution is 2.21. The van der Waals surface area contributed by atoms with Crippen LogP contribution in [0, 0.1) is 3.57 Å². The Balaban J connectivity index is 1.99. The van der Waals surface area contributed by atoms with E-state index in [1.165, 1.54) is 11.9 Å². The molecule has 0 bridgehead atoms. The van der Waals surface area contributed by atoms with Gasteiger partial charge in [0.1, 0.15) is 12.6 Å². The lowest BCUT2D eigenvalue weighted by Crippen LogP contribution is -2.52. The van der Waals surface area contributed by atoms with E-state index in [-0.39, 0.29) is 12.5 Å². The van der Waals surface area contributed by atoms with Gasteiger partial charge in [0.25, 0.3) is 0 Å². The fourth-order valence-electron chi connectivity index (χ4n) is 3.72. The molecule has 0 heterocycles. The molecule has 0 saturated carbocycles. The van der Waals surface area contributed by atoms with Crippen LogP contribution in [0.1, 0.15) is 11.1 Å². The van der Waals surface area contributed by atoms with Gasteiger partial charge in [-0.25, -0.2) is 8.42 Å². The molecule has 0 fully saturated rings. The molecular formula is C26H28IN3O4S. The van der Waals surface area contributed by atoms with Crippen LogP contribution in [0.25, 0.3) is 0 Å². The number of sulfonamides is 1. The zero-order valence-corrected chi connectivity index (χ0v) is 22.6. The lowest BCUT2D eigenvalue weighted by atomic mass is 10.0. The van der Waals surface area contributed by atoms with Gasteiger partial charge in [-0.1, -0.05) is 60.7 Å². The lowest BCUT2D eigenvalue weighted by molar-refractivity contribution is -0.139. The van der Waals surface area contributed by atoms with Crippen LogP contribution in [0.15, 0.2) is 84.9 Å². The standard InChI is InChI=1S/C26H28IN3O4S/c1-28-26(32)24(17-20-9-5-3-6-10-20)29(18-21-11-7-4-8-12-21)25(31)19-30(35(2,33)34)23-15-13-22(27)14-16-23/h3-16,24H,17-19H2,1-2H3,(H,28,32). The van der Waals surface area contributed by atoms with Crippen LogP contribution in [-0.2, 0) is 32.6 Å². The number of hydrogen-bond acceptors (Lipinski definition) is 4. The summed E-state index contributed by atoms with van der Waals surface area (Å²) in [6.07, 6.45) is 1.36. The van der Waals surface area contributed by atoms with Crippen molar-refractivity contribution in [2.45, 2.75) is 19.0 Å². The molecule has 0 radical (unpaired) electrons. The first-order valence-electron chi connectivity index (χ1n) is 11.0. The molecule has 3 aromatic carbocycles. The van der Waals surface area contributed by atoms with Crippen LogP contribution >= 0.6 is 22.6 Å². The normalized spacial score (nSPS) is 12.0. The summed E-state index contributed by atoms with van der Waals surface area (Å²) >= 11 is 2.13. The van der Waals surface area contributed by atoms with E-state index in [1.807, 2.05) is 60.7 Å². The number of halogens is 1. The van der Waals surface area contributed by atoms with Crippen LogP contribution in [0.2, 0.25) is 0 Å². The first kappa shape index (κ1) is 26.7. The van der Waals surface area contributed by atoms with E-state index in [0.717, 1.165) is 25.3 Å². The van der Waals surface area contributed by atoms with Gasteiger partial charge < -0.3 is 10.2 Å². The maximum atomic E-state index is 13.7. The van der Waals surface area contributed by atoms with Gasteiger partial charge in [-0.2, -0.15) is 0 Å². The Labute approximate surface area is 220 Å². The number of carbonyl (C=O) groups is 2. The number of likely N-dealkylation sites (N-methyl/N-ethyl adjacent to an activating group) is 1.